The third-order valence-electron chi connectivity index (χ3n) is 3.06. The highest BCUT2D eigenvalue weighted by Gasteiger charge is 2.28. The van der Waals surface area contributed by atoms with Gasteiger partial charge in [0.05, 0.1) is 17.2 Å². The fourth-order valence-electron chi connectivity index (χ4n) is 2.13. The Balaban J connectivity index is 2.01. The fraction of sp³-hybridized carbons (Fsp3) is 0.462. The number of carbonyl (C=O) groups excluding carboxylic acids is 1. The minimum absolute atomic E-state index is 0.00648. The van der Waals surface area contributed by atoms with Crippen LogP contribution in [0.3, 0.4) is 0 Å². The summed E-state index contributed by atoms with van der Waals surface area (Å²) in [5.41, 5.74) is 0.632. The highest BCUT2D eigenvalue weighted by atomic mass is 35.5. The zero-order valence-electron chi connectivity index (χ0n) is 11.6. The number of urea groups is 1. The van der Waals surface area contributed by atoms with Gasteiger partial charge in [-0.25, -0.2) is 13.2 Å². The molecule has 21 heavy (non-hydrogen) atoms. The zero-order valence-corrected chi connectivity index (χ0v) is 13.9. The van der Waals surface area contributed by atoms with Crippen LogP contribution < -0.4 is 10.6 Å². The van der Waals surface area contributed by atoms with E-state index in [1.165, 1.54) is 0 Å². The average Bonchev–Trinajstić information content (AvgIpc) is 2.72. The fourth-order valence-corrected chi connectivity index (χ4v) is 4.72. The lowest BCUT2D eigenvalue weighted by Gasteiger charge is -2.14. The van der Waals surface area contributed by atoms with Crippen LogP contribution in [-0.2, 0) is 9.84 Å². The molecule has 1 aromatic rings. The topological polar surface area (TPSA) is 75.3 Å². The van der Waals surface area contributed by atoms with Crippen molar-refractivity contribution in [3.63, 3.8) is 0 Å². The number of thioether (sulfide) groups is 1. The van der Waals surface area contributed by atoms with Crippen molar-refractivity contribution in [2.75, 3.05) is 22.6 Å². The van der Waals surface area contributed by atoms with E-state index in [0.29, 0.717) is 17.1 Å². The molecule has 1 aromatic carbocycles. The summed E-state index contributed by atoms with van der Waals surface area (Å²) >= 11 is 7.55. The Morgan fingerprint density at radius 1 is 1.48 bits per heavy atom. The molecule has 0 saturated carbocycles. The molecule has 5 nitrogen and oxygen atoms in total. The summed E-state index contributed by atoms with van der Waals surface area (Å²) in [5.74, 6) is 1.01. The maximum absolute atomic E-state index is 12.0. The minimum atomic E-state index is -3.01. The van der Waals surface area contributed by atoms with E-state index in [1.807, 2.05) is 13.0 Å². The molecule has 1 heterocycles. The first-order chi connectivity index (χ1) is 9.89. The number of sulfone groups is 1. The van der Waals surface area contributed by atoms with Crippen molar-refractivity contribution in [3.8, 4) is 0 Å². The van der Waals surface area contributed by atoms with Gasteiger partial charge in [0.2, 0.25) is 0 Å². The lowest BCUT2D eigenvalue weighted by Crippen LogP contribution is -2.38. The van der Waals surface area contributed by atoms with Crippen LogP contribution >= 0.6 is 23.4 Å². The number of carbonyl (C=O) groups is 1. The molecule has 2 N–H and O–H groups in total. The van der Waals surface area contributed by atoms with E-state index in [1.54, 1.807) is 23.9 Å². The number of halogens is 1. The molecule has 1 atom stereocenters. The first-order valence-electron chi connectivity index (χ1n) is 6.60. The van der Waals surface area contributed by atoms with Gasteiger partial charge >= 0.3 is 6.03 Å². The van der Waals surface area contributed by atoms with Gasteiger partial charge in [-0.15, -0.1) is 11.8 Å². The monoisotopic (exact) mass is 348 g/mol. The summed E-state index contributed by atoms with van der Waals surface area (Å²) in [6.45, 7) is 2.02. The summed E-state index contributed by atoms with van der Waals surface area (Å²) in [5, 5.41) is 5.97. The van der Waals surface area contributed by atoms with Gasteiger partial charge in [0.15, 0.2) is 9.84 Å². The SMILES string of the molecule is CCSc1ccc(Cl)cc1NC(=O)NC1CCS(=O)(=O)C1. The second-order valence-corrected chi connectivity index (χ2v) is 8.74. The van der Waals surface area contributed by atoms with E-state index < -0.39 is 15.9 Å². The first-order valence-corrected chi connectivity index (χ1v) is 9.78. The van der Waals surface area contributed by atoms with Gasteiger partial charge in [0.1, 0.15) is 0 Å². The van der Waals surface area contributed by atoms with E-state index in [4.69, 9.17) is 11.6 Å². The summed E-state index contributed by atoms with van der Waals surface area (Å²) < 4.78 is 22.7. The molecule has 1 saturated heterocycles. The van der Waals surface area contributed by atoms with Crippen LogP contribution in [0.15, 0.2) is 23.1 Å². The van der Waals surface area contributed by atoms with Crippen molar-refractivity contribution in [1.29, 1.82) is 0 Å². The maximum atomic E-state index is 12.0. The van der Waals surface area contributed by atoms with Crippen molar-refractivity contribution < 1.29 is 13.2 Å². The Bertz CT molecular complexity index is 634. The van der Waals surface area contributed by atoms with E-state index in [0.717, 1.165) is 10.6 Å². The van der Waals surface area contributed by atoms with Crippen LogP contribution in [0.4, 0.5) is 10.5 Å². The van der Waals surface area contributed by atoms with Gasteiger partial charge in [-0.1, -0.05) is 18.5 Å². The van der Waals surface area contributed by atoms with Crippen molar-refractivity contribution in [2.24, 2.45) is 0 Å². The molecular formula is C13H17ClN2O3S2. The van der Waals surface area contributed by atoms with Crippen molar-refractivity contribution in [3.05, 3.63) is 23.2 Å². The number of nitrogens with one attached hydrogen (secondary N) is 2. The lowest BCUT2D eigenvalue weighted by atomic mass is 10.3. The van der Waals surface area contributed by atoms with Crippen LogP contribution in [0, 0.1) is 0 Å². The maximum Gasteiger partial charge on any atom is 0.319 e. The zero-order chi connectivity index (χ0) is 15.5. The van der Waals surface area contributed by atoms with Crippen LogP contribution in [0.5, 0.6) is 0 Å². The highest BCUT2D eigenvalue weighted by molar-refractivity contribution is 7.99. The van der Waals surface area contributed by atoms with Gasteiger partial charge in [0, 0.05) is 16.0 Å². The molecule has 2 rings (SSSR count). The molecule has 1 unspecified atom stereocenters. The molecule has 0 radical (unpaired) electrons. The summed E-state index contributed by atoms with van der Waals surface area (Å²) in [4.78, 5) is 12.9. The molecule has 1 aliphatic rings. The highest BCUT2D eigenvalue weighted by Crippen LogP contribution is 2.29. The largest absolute Gasteiger partial charge is 0.334 e. The molecule has 8 heteroatoms. The number of benzene rings is 1. The normalized spacial score (nSPS) is 20.2. The third-order valence-corrected chi connectivity index (χ3v) is 6.02. The van der Waals surface area contributed by atoms with Gasteiger partial charge < -0.3 is 10.6 Å². The molecule has 2 amide bonds. The van der Waals surface area contributed by atoms with Crippen LogP contribution in [0.1, 0.15) is 13.3 Å². The first kappa shape index (κ1) is 16.5. The van der Waals surface area contributed by atoms with Crippen LogP contribution in [-0.4, -0.2) is 37.7 Å². The van der Waals surface area contributed by atoms with Gasteiger partial charge in [-0.3, -0.25) is 0 Å². The van der Waals surface area contributed by atoms with Crippen molar-refractivity contribution >= 4 is 44.9 Å². The number of anilines is 1. The van der Waals surface area contributed by atoms with Crippen molar-refractivity contribution in [1.82, 2.24) is 5.32 Å². The van der Waals surface area contributed by atoms with Crippen LogP contribution in [0.25, 0.3) is 0 Å². The van der Waals surface area contributed by atoms with Crippen molar-refractivity contribution in [2.45, 2.75) is 24.3 Å². The van der Waals surface area contributed by atoms with Crippen LogP contribution in [0.2, 0.25) is 5.02 Å². The molecule has 116 valence electrons. The standard InChI is InChI=1S/C13H17ClN2O3S2/c1-2-20-12-4-3-9(14)7-11(12)16-13(17)15-10-5-6-21(18,19)8-10/h3-4,7,10H,2,5-6,8H2,1H3,(H2,15,16,17). The molecule has 1 aliphatic heterocycles. The summed E-state index contributed by atoms with van der Waals surface area (Å²) in [7, 11) is -3.01. The number of rotatable bonds is 4. The quantitative estimate of drug-likeness (QED) is 0.820. The Morgan fingerprint density at radius 2 is 2.24 bits per heavy atom. The molecule has 0 aliphatic carbocycles. The summed E-state index contributed by atoms with van der Waals surface area (Å²) in [6, 6.07) is 4.58. The molecule has 0 bridgehead atoms. The molecule has 0 spiro atoms. The second-order valence-electron chi connectivity index (χ2n) is 4.77. The Labute approximate surface area is 133 Å². The lowest BCUT2D eigenvalue weighted by molar-refractivity contribution is 0.249. The molecular weight excluding hydrogens is 332 g/mol. The number of hydrogen-bond donors (Lipinski definition) is 2. The van der Waals surface area contributed by atoms with Gasteiger partial charge in [-0.05, 0) is 30.4 Å². The average molecular weight is 349 g/mol. The Kier molecular flexibility index (Phi) is 5.40. The van der Waals surface area contributed by atoms with Gasteiger partial charge in [-0.2, -0.15) is 0 Å². The van der Waals surface area contributed by atoms with E-state index in [9.17, 15) is 13.2 Å². The molecule has 0 aromatic heterocycles. The van der Waals surface area contributed by atoms with E-state index >= 15 is 0 Å². The predicted octanol–water partition coefficient (Wildman–Crippen LogP) is 2.76. The predicted molar refractivity (Wildman–Crippen MR) is 87.1 cm³/mol. The van der Waals surface area contributed by atoms with E-state index in [-0.39, 0.29) is 17.5 Å². The Hall–Kier alpha value is -0.920. The molecule has 1 fully saturated rings. The smallest absolute Gasteiger partial charge is 0.319 e. The summed E-state index contributed by atoms with van der Waals surface area (Å²) in [6.07, 6.45) is 0.460. The minimum Gasteiger partial charge on any atom is -0.334 e. The third kappa shape index (κ3) is 4.79. The van der Waals surface area contributed by atoms with Gasteiger partial charge in [0.25, 0.3) is 0 Å². The number of hydrogen-bond acceptors (Lipinski definition) is 4. The Morgan fingerprint density at radius 3 is 2.86 bits per heavy atom. The number of amides is 2. The second kappa shape index (κ2) is 6.89. The van der Waals surface area contributed by atoms with E-state index in [2.05, 4.69) is 10.6 Å².